The predicted molar refractivity (Wildman–Crippen MR) is 199 cm³/mol. The first-order chi connectivity index (χ1) is 25.9. The van der Waals surface area contributed by atoms with E-state index >= 15 is 0 Å². The van der Waals surface area contributed by atoms with Crippen molar-refractivity contribution in [3.05, 3.63) is 144 Å². The molecule has 53 heavy (non-hydrogen) atoms. The van der Waals surface area contributed by atoms with E-state index in [2.05, 4.69) is 50.0 Å². The molecule has 0 unspecified atom stereocenters. The number of carbonyl (C=O) groups is 3. The number of hydrogen-bond acceptors (Lipinski definition) is 10. The molecule has 2 aromatic heterocycles. The van der Waals surface area contributed by atoms with Crippen molar-refractivity contribution in [2.75, 3.05) is 46.3 Å². The van der Waals surface area contributed by atoms with E-state index in [1.807, 2.05) is 60.7 Å². The number of aromatic nitrogens is 4. The van der Waals surface area contributed by atoms with E-state index in [4.69, 9.17) is 14.2 Å². The first-order valence-corrected chi connectivity index (χ1v) is 16.8. The minimum atomic E-state index is -0.823. The molecule has 13 nitrogen and oxygen atoms in total. The summed E-state index contributed by atoms with van der Waals surface area (Å²) in [4.78, 5) is 49.5. The molecular formula is C40H39N7O6. The van der Waals surface area contributed by atoms with Crippen molar-refractivity contribution in [1.29, 1.82) is 0 Å². The number of ether oxygens (including phenoxy) is 3. The third kappa shape index (κ3) is 8.00. The Kier molecular flexibility index (Phi) is 11.3. The lowest BCUT2D eigenvalue weighted by Gasteiger charge is -2.38. The summed E-state index contributed by atoms with van der Waals surface area (Å²) < 4.78 is 17.0. The van der Waals surface area contributed by atoms with Gasteiger partial charge in [-0.1, -0.05) is 72.8 Å². The average Bonchev–Trinajstić information content (AvgIpc) is 3.63. The molecule has 0 atom stereocenters. The molecule has 0 saturated heterocycles. The van der Waals surface area contributed by atoms with Crippen LogP contribution in [0.2, 0.25) is 0 Å². The van der Waals surface area contributed by atoms with E-state index in [-0.39, 0.29) is 37.3 Å². The van der Waals surface area contributed by atoms with Crippen LogP contribution in [-0.4, -0.2) is 83.4 Å². The predicted octanol–water partition coefficient (Wildman–Crippen LogP) is 4.68. The number of anilines is 1. The van der Waals surface area contributed by atoms with Gasteiger partial charge in [-0.3, -0.25) is 19.7 Å². The van der Waals surface area contributed by atoms with E-state index in [1.54, 1.807) is 38.5 Å². The van der Waals surface area contributed by atoms with Crippen molar-refractivity contribution >= 4 is 34.6 Å². The Morgan fingerprint density at radius 1 is 0.755 bits per heavy atom. The van der Waals surface area contributed by atoms with Gasteiger partial charge in [-0.25, -0.2) is 14.6 Å². The topological polar surface area (TPSA) is 150 Å². The fourth-order valence-corrected chi connectivity index (χ4v) is 6.17. The molecule has 270 valence electrons. The van der Waals surface area contributed by atoms with Crippen LogP contribution in [0.3, 0.4) is 0 Å². The molecule has 0 spiro atoms. The molecule has 2 heterocycles. The smallest absolute Gasteiger partial charge is 0.325 e. The molecule has 0 saturated carbocycles. The van der Waals surface area contributed by atoms with Gasteiger partial charge in [0.05, 0.1) is 38.5 Å². The van der Waals surface area contributed by atoms with Crippen LogP contribution >= 0.6 is 0 Å². The normalized spacial score (nSPS) is 11.2. The summed E-state index contributed by atoms with van der Waals surface area (Å²) in [6.07, 6.45) is 2.78. The highest BCUT2D eigenvalue weighted by Gasteiger charge is 2.36. The Hall–Kier alpha value is -6.60. The molecule has 2 N–H and O–H groups in total. The highest BCUT2D eigenvalue weighted by atomic mass is 16.5. The van der Waals surface area contributed by atoms with Crippen LogP contribution in [0.4, 0.5) is 5.82 Å². The number of methoxy groups -OCH3 is 3. The van der Waals surface area contributed by atoms with Crippen LogP contribution in [0.25, 0.3) is 11.0 Å². The number of nitrogens with zero attached hydrogens (tertiary/aromatic N) is 5. The third-order valence-corrected chi connectivity index (χ3v) is 8.91. The van der Waals surface area contributed by atoms with Gasteiger partial charge >= 0.3 is 5.97 Å². The van der Waals surface area contributed by atoms with Crippen molar-refractivity contribution in [2.24, 2.45) is 0 Å². The highest BCUT2D eigenvalue weighted by Crippen LogP contribution is 2.37. The first kappa shape index (κ1) is 36.2. The molecule has 13 heteroatoms. The Bertz CT molecular complexity index is 2120. The number of esters is 1. The standard InChI is InChI=1S/C40H39N7O6/c1-51-32-18-14-28(15-19-32)39(50)45-37-34-24-44-47(38(34)42-27-41-37)25-35(48)46(26-36(49)53-3)23-22-43-40(29-10-6-4-7-11-29,30-12-8-5-9-13-30)31-16-20-33(52-2)21-17-31/h4-21,24,27,43H,22-23,25-26H2,1-3H3,(H,41,42,45,50). The third-order valence-electron chi connectivity index (χ3n) is 8.91. The summed E-state index contributed by atoms with van der Waals surface area (Å²) in [6.45, 7) is -0.0596. The molecule has 0 radical (unpaired) electrons. The van der Waals surface area contributed by atoms with Gasteiger partial charge in [0.2, 0.25) is 5.91 Å². The first-order valence-electron chi connectivity index (χ1n) is 16.8. The highest BCUT2D eigenvalue weighted by molar-refractivity contribution is 6.07. The summed E-state index contributed by atoms with van der Waals surface area (Å²) in [7, 11) is 4.46. The SMILES string of the molecule is COC(=O)CN(CCNC(c1ccccc1)(c1ccccc1)c1ccc(OC)cc1)C(=O)Cn1ncc2c(NC(=O)c3ccc(OC)cc3)ncnc21. The number of nitrogens with one attached hydrogen (secondary N) is 2. The van der Waals surface area contributed by atoms with E-state index in [1.165, 1.54) is 29.2 Å². The Morgan fingerprint density at radius 3 is 1.92 bits per heavy atom. The molecule has 0 fully saturated rings. The molecule has 0 aliphatic heterocycles. The lowest BCUT2D eigenvalue weighted by molar-refractivity contribution is -0.147. The number of rotatable bonds is 15. The van der Waals surface area contributed by atoms with E-state index in [9.17, 15) is 14.4 Å². The quantitative estimate of drug-likeness (QED) is 0.114. The zero-order valence-electron chi connectivity index (χ0n) is 29.6. The Morgan fingerprint density at radius 2 is 1.34 bits per heavy atom. The van der Waals surface area contributed by atoms with Gasteiger partial charge in [0.1, 0.15) is 36.7 Å². The molecule has 6 rings (SSSR count). The fraction of sp³-hybridized carbons (Fsp3) is 0.200. The van der Waals surface area contributed by atoms with Crippen LogP contribution in [0.1, 0.15) is 27.0 Å². The molecule has 2 amide bonds. The van der Waals surface area contributed by atoms with Crippen molar-refractivity contribution in [3.63, 3.8) is 0 Å². The van der Waals surface area contributed by atoms with Gasteiger partial charge in [0, 0.05) is 18.7 Å². The second-order valence-electron chi connectivity index (χ2n) is 12.0. The van der Waals surface area contributed by atoms with Crippen molar-refractivity contribution in [1.82, 2.24) is 30.0 Å². The summed E-state index contributed by atoms with van der Waals surface area (Å²) in [5, 5.41) is 11.4. The maximum atomic E-state index is 13.9. The number of hydrogen-bond donors (Lipinski definition) is 2. The maximum Gasteiger partial charge on any atom is 0.325 e. The molecular weight excluding hydrogens is 674 g/mol. The number of benzene rings is 4. The second-order valence-corrected chi connectivity index (χ2v) is 12.0. The summed E-state index contributed by atoms with van der Waals surface area (Å²) in [6, 6.07) is 34.6. The molecule has 6 aromatic rings. The maximum absolute atomic E-state index is 13.9. The lowest BCUT2D eigenvalue weighted by atomic mass is 9.77. The minimum absolute atomic E-state index is 0.156. The van der Waals surface area contributed by atoms with E-state index in [0.29, 0.717) is 28.9 Å². The van der Waals surface area contributed by atoms with Gasteiger partial charge in [-0.15, -0.1) is 0 Å². The monoisotopic (exact) mass is 713 g/mol. The summed E-state index contributed by atoms with van der Waals surface area (Å²) >= 11 is 0. The van der Waals surface area contributed by atoms with Crippen LogP contribution < -0.4 is 20.1 Å². The van der Waals surface area contributed by atoms with Crippen molar-refractivity contribution < 1.29 is 28.6 Å². The van der Waals surface area contributed by atoms with Crippen LogP contribution in [0, 0.1) is 0 Å². The number of amides is 2. The van der Waals surface area contributed by atoms with Crippen molar-refractivity contribution in [3.8, 4) is 11.5 Å². The Balaban J connectivity index is 1.25. The van der Waals surface area contributed by atoms with Gasteiger partial charge in [-0.2, -0.15) is 5.10 Å². The van der Waals surface area contributed by atoms with Gasteiger partial charge in [0.25, 0.3) is 5.91 Å². The fourth-order valence-electron chi connectivity index (χ4n) is 6.17. The molecule has 4 aromatic carbocycles. The molecule has 0 bridgehead atoms. The van der Waals surface area contributed by atoms with Crippen LogP contribution in [0.5, 0.6) is 11.5 Å². The summed E-state index contributed by atoms with van der Waals surface area (Å²) in [5.41, 5.74) is 2.85. The van der Waals surface area contributed by atoms with Crippen LogP contribution in [0.15, 0.2) is 122 Å². The lowest BCUT2D eigenvalue weighted by Crippen LogP contribution is -2.49. The zero-order chi connectivity index (χ0) is 37.2. The molecule has 0 aliphatic rings. The second kappa shape index (κ2) is 16.6. The van der Waals surface area contributed by atoms with Crippen molar-refractivity contribution in [2.45, 2.75) is 12.1 Å². The largest absolute Gasteiger partial charge is 0.497 e. The van der Waals surface area contributed by atoms with Gasteiger partial charge in [-0.05, 0) is 53.1 Å². The number of fused-ring (bicyclic) bond motifs is 1. The summed E-state index contributed by atoms with van der Waals surface area (Å²) in [5.74, 6) is 0.243. The average molecular weight is 714 g/mol. The Labute approximate surface area is 306 Å². The van der Waals surface area contributed by atoms with Crippen LogP contribution in [-0.2, 0) is 26.4 Å². The zero-order valence-corrected chi connectivity index (χ0v) is 29.6. The van der Waals surface area contributed by atoms with Gasteiger partial charge < -0.3 is 24.4 Å². The van der Waals surface area contributed by atoms with E-state index in [0.717, 1.165) is 22.4 Å². The minimum Gasteiger partial charge on any atom is -0.497 e. The number of carbonyl (C=O) groups excluding carboxylic acids is 3. The van der Waals surface area contributed by atoms with Gasteiger partial charge in [0.15, 0.2) is 5.65 Å². The van der Waals surface area contributed by atoms with E-state index < -0.39 is 11.5 Å². The molecule has 0 aliphatic carbocycles.